The summed E-state index contributed by atoms with van der Waals surface area (Å²) in [5.74, 6) is -1.17. The molecule has 1 heterocycles. The third kappa shape index (κ3) is 6.15. The molecule has 0 radical (unpaired) electrons. The van der Waals surface area contributed by atoms with Crippen LogP contribution in [0.1, 0.15) is 18.9 Å². The van der Waals surface area contributed by atoms with Gasteiger partial charge in [-0.05, 0) is 37.6 Å². The van der Waals surface area contributed by atoms with Gasteiger partial charge >= 0.3 is 5.97 Å². The van der Waals surface area contributed by atoms with E-state index in [9.17, 15) is 18.0 Å². The molecule has 0 fully saturated rings. The molecule has 2 N–H and O–H groups in total. The Labute approximate surface area is 160 Å². The van der Waals surface area contributed by atoms with Gasteiger partial charge in [0.2, 0.25) is 11.0 Å². The molecule has 0 spiro atoms. The molecule has 2 aromatic rings. The van der Waals surface area contributed by atoms with Crippen molar-refractivity contribution in [3.63, 3.8) is 0 Å². The quantitative estimate of drug-likeness (QED) is 0.503. The number of nitrogens with one attached hydrogen (secondary N) is 2. The molecule has 27 heavy (non-hydrogen) atoms. The number of ether oxygens (including phenoxy) is 1. The van der Waals surface area contributed by atoms with Gasteiger partial charge in [0.15, 0.2) is 0 Å². The Hall–Kier alpha value is -2.79. The molecule has 0 saturated heterocycles. The van der Waals surface area contributed by atoms with E-state index in [-0.39, 0.29) is 16.6 Å². The smallest absolute Gasteiger partial charge is 0.330 e. The van der Waals surface area contributed by atoms with Crippen molar-refractivity contribution in [3.8, 4) is 0 Å². The number of aromatic nitrogens is 2. The molecular formula is C16H18N4O5S2. The van der Waals surface area contributed by atoms with Crippen LogP contribution in [0.2, 0.25) is 0 Å². The monoisotopic (exact) mass is 410 g/mol. The molecule has 144 valence electrons. The standard InChI is InChI=1S/C16H18N4O5S2/c1-3-14-18-19-16(26-14)20-27(23,24)12-7-5-11(6-8-12)17-13(21)9-10-15(22)25-4-2/h5-10H,3-4H2,1-2H3,(H,17,21)(H,19,20). The van der Waals surface area contributed by atoms with Gasteiger partial charge < -0.3 is 10.1 Å². The summed E-state index contributed by atoms with van der Waals surface area (Å²) in [5, 5.41) is 11.1. The number of carbonyl (C=O) groups is 2. The number of hydrogen-bond acceptors (Lipinski definition) is 8. The van der Waals surface area contributed by atoms with Gasteiger partial charge in [-0.25, -0.2) is 13.2 Å². The number of benzene rings is 1. The summed E-state index contributed by atoms with van der Waals surface area (Å²) in [4.78, 5) is 22.9. The van der Waals surface area contributed by atoms with Crippen molar-refractivity contribution in [3.05, 3.63) is 41.4 Å². The Morgan fingerprint density at radius 3 is 2.44 bits per heavy atom. The average molecular weight is 410 g/mol. The fourth-order valence-electron chi connectivity index (χ4n) is 1.85. The topological polar surface area (TPSA) is 127 Å². The van der Waals surface area contributed by atoms with E-state index in [0.29, 0.717) is 12.1 Å². The summed E-state index contributed by atoms with van der Waals surface area (Å²) in [5.41, 5.74) is 0.372. The van der Waals surface area contributed by atoms with Crippen LogP contribution < -0.4 is 10.0 Å². The lowest BCUT2D eigenvalue weighted by atomic mass is 10.3. The van der Waals surface area contributed by atoms with Gasteiger partial charge in [-0.1, -0.05) is 18.3 Å². The zero-order chi connectivity index (χ0) is 19.9. The number of sulfonamides is 1. The van der Waals surface area contributed by atoms with Gasteiger partial charge in [-0.2, -0.15) is 0 Å². The molecule has 0 bridgehead atoms. The summed E-state index contributed by atoms with van der Waals surface area (Å²) in [6.07, 6.45) is 2.71. The number of rotatable bonds is 8. The van der Waals surface area contributed by atoms with Gasteiger partial charge in [0.1, 0.15) is 5.01 Å². The summed E-state index contributed by atoms with van der Waals surface area (Å²) in [6.45, 7) is 3.77. The van der Waals surface area contributed by atoms with E-state index in [4.69, 9.17) is 0 Å². The molecule has 0 saturated carbocycles. The van der Waals surface area contributed by atoms with Gasteiger partial charge in [0, 0.05) is 17.8 Å². The fraction of sp³-hybridized carbons (Fsp3) is 0.250. The molecule has 0 aliphatic carbocycles. The number of carbonyl (C=O) groups excluding carboxylic acids is 2. The molecule has 0 atom stereocenters. The van der Waals surface area contributed by atoms with E-state index < -0.39 is 21.9 Å². The number of nitrogens with zero attached hydrogens (tertiary/aromatic N) is 2. The van der Waals surface area contributed by atoms with Crippen molar-refractivity contribution in [2.45, 2.75) is 25.2 Å². The SMILES string of the molecule is CCOC(=O)C=CC(=O)Nc1ccc(S(=O)(=O)Nc2nnc(CC)s2)cc1. The van der Waals surface area contributed by atoms with E-state index in [0.717, 1.165) is 28.5 Å². The van der Waals surface area contributed by atoms with Gasteiger partial charge in [-0.3, -0.25) is 9.52 Å². The van der Waals surface area contributed by atoms with Crippen molar-refractivity contribution in [1.82, 2.24) is 10.2 Å². The maximum Gasteiger partial charge on any atom is 0.330 e. The van der Waals surface area contributed by atoms with E-state index in [1.165, 1.54) is 24.3 Å². The van der Waals surface area contributed by atoms with Crippen LogP contribution in [0.3, 0.4) is 0 Å². The number of hydrogen-bond donors (Lipinski definition) is 2. The Morgan fingerprint density at radius 1 is 1.15 bits per heavy atom. The lowest BCUT2D eigenvalue weighted by Gasteiger charge is -2.06. The van der Waals surface area contributed by atoms with Crippen LogP contribution >= 0.6 is 11.3 Å². The molecule has 9 nitrogen and oxygen atoms in total. The number of anilines is 2. The highest BCUT2D eigenvalue weighted by molar-refractivity contribution is 7.93. The van der Waals surface area contributed by atoms with Crippen molar-refractivity contribution >= 4 is 44.1 Å². The second-order valence-electron chi connectivity index (χ2n) is 5.06. The van der Waals surface area contributed by atoms with Gasteiger partial charge in [-0.15, -0.1) is 10.2 Å². The molecule has 0 aliphatic heterocycles. The van der Waals surface area contributed by atoms with E-state index in [2.05, 4.69) is 25.0 Å². The summed E-state index contributed by atoms with van der Waals surface area (Å²) >= 11 is 1.16. The molecule has 0 aliphatic rings. The zero-order valence-electron chi connectivity index (χ0n) is 14.6. The average Bonchev–Trinajstić information content (AvgIpc) is 3.07. The third-order valence-electron chi connectivity index (χ3n) is 3.08. The maximum absolute atomic E-state index is 12.3. The Balaban J connectivity index is 2.01. The normalized spacial score (nSPS) is 11.3. The maximum atomic E-state index is 12.3. The first-order valence-electron chi connectivity index (χ1n) is 7.95. The van der Waals surface area contributed by atoms with Crippen molar-refractivity contribution in [2.24, 2.45) is 0 Å². The number of amides is 1. The van der Waals surface area contributed by atoms with Crippen LogP contribution in [0.25, 0.3) is 0 Å². The molecule has 1 aromatic heterocycles. The lowest BCUT2D eigenvalue weighted by molar-refractivity contribution is -0.137. The summed E-state index contributed by atoms with van der Waals surface area (Å²) in [6, 6.07) is 5.55. The minimum absolute atomic E-state index is 0.0100. The first-order valence-corrected chi connectivity index (χ1v) is 10.2. The minimum atomic E-state index is -3.81. The molecule has 11 heteroatoms. The number of aryl methyl sites for hydroxylation is 1. The Morgan fingerprint density at radius 2 is 1.85 bits per heavy atom. The van der Waals surface area contributed by atoms with E-state index in [1.807, 2.05) is 6.92 Å². The zero-order valence-corrected chi connectivity index (χ0v) is 16.3. The van der Waals surface area contributed by atoms with Crippen LogP contribution in [-0.2, 0) is 30.8 Å². The van der Waals surface area contributed by atoms with Crippen LogP contribution in [0.4, 0.5) is 10.8 Å². The largest absolute Gasteiger partial charge is 0.463 e. The predicted octanol–water partition coefficient (Wildman–Crippen LogP) is 1.96. The molecule has 1 aromatic carbocycles. The highest BCUT2D eigenvalue weighted by Gasteiger charge is 2.16. The predicted molar refractivity (Wildman–Crippen MR) is 101 cm³/mol. The van der Waals surface area contributed by atoms with Crippen molar-refractivity contribution in [1.29, 1.82) is 0 Å². The van der Waals surface area contributed by atoms with Crippen LogP contribution in [-0.4, -0.2) is 37.1 Å². The van der Waals surface area contributed by atoms with E-state index in [1.54, 1.807) is 6.92 Å². The van der Waals surface area contributed by atoms with Crippen LogP contribution in [0.15, 0.2) is 41.3 Å². The van der Waals surface area contributed by atoms with Crippen LogP contribution in [0, 0.1) is 0 Å². The summed E-state index contributed by atoms with van der Waals surface area (Å²) < 4.78 is 31.7. The highest BCUT2D eigenvalue weighted by atomic mass is 32.2. The van der Waals surface area contributed by atoms with E-state index >= 15 is 0 Å². The molecule has 0 unspecified atom stereocenters. The highest BCUT2D eigenvalue weighted by Crippen LogP contribution is 2.21. The Kier molecular flexibility index (Phi) is 7.02. The lowest BCUT2D eigenvalue weighted by Crippen LogP contribution is -2.13. The molecule has 1 amide bonds. The first-order chi connectivity index (χ1) is 12.8. The fourth-order valence-corrected chi connectivity index (χ4v) is 3.76. The summed E-state index contributed by atoms with van der Waals surface area (Å²) in [7, 11) is -3.81. The molecule has 2 rings (SSSR count). The second-order valence-corrected chi connectivity index (χ2v) is 7.80. The Bertz CT molecular complexity index is 936. The first kappa shape index (κ1) is 20.5. The van der Waals surface area contributed by atoms with Crippen LogP contribution in [0.5, 0.6) is 0 Å². The molecular weight excluding hydrogens is 392 g/mol. The van der Waals surface area contributed by atoms with Gasteiger partial charge in [0.05, 0.1) is 11.5 Å². The van der Waals surface area contributed by atoms with Gasteiger partial charge in [0.25, 0.3) is 10.0 Å². The second kappa shape index (κ2) is 9.24. The number of esters is 1. The third-order valence-corrected chi connectivity index (χ3v) is 5.55. The van der Waals surface area contributed by atoms with Crippen molar-refractivity contribution < 1.29 is 22.7 Å². The van der Waals surface area contributed by atoms with Crippen molar-refractivity contribution in [2.75, 3.05) is 16.6 Å². The minimum Gasteiger partial charge on any atom is -0.463 e.